The molecule has 0 aliphatic carbocycles. The number of carbonyl (C=O) groups is 1. The van der Waals surface area contributed by atoms with E-state index in [1.165, 1.54) is 13.2 Å². The third-order valence-electron chi connectivity index (χ3n) is 3.72. The lowest BCUT2D eigenvalue weighted by Gasteiger charge is -2.06. The van der Waals surface area contributed by atoms with Gasteiger partial charge in [0.2, 0.25) is 0 Å². The van der Waals surface area contributed by atoms with Crippen LogP contribution in [-0.2, 0) is 6.61 Å². The number of furan rings is 1. The zero-order chi connectivity index (χ0) is 19.2. The van der Waals surface area contributed by atoms with Gasteiger partial charge in [-0.05, 0) is 54.6 Å². The molecule has 0 bridgehead atoms. The van der Waals surface area contributed by atoms with Crippen LogP contribution in [0, 0.1) is 0 Å². The molecular formula is C21H16Cl2O4. The summed E-state index contributed by atoms with van der Waals surface area (Å²) in [6, 6.07) is 15.6. The first-order chi connectivity index (χ1) is 13.1. The van der Waals surface area contributed by atoms with Crippen molar-refractivity contribution in [1.82, 2.24) is 0 Å². The Labute approximate surface area is 166 Å². The lowest BCUT2D eigenvalue weighted by atomic mass is 10.1. The van der Waals surface area contributed by atoms with Crippen LogP contribution in [0.25, 0.3) is 6.08 Å². The van der Waals surface area contributed by atoms with Crippen LogP contribution in [0.3, 0.4) is 0 Å². The van der Waals surface area contributed by atoms with E-state index in [2.05, 4.69) is 0 Å². The summed E-state index contributed by atoms with van der Waals surface area (Å²) in [5.41, 5.74) is 0.490. The van der Waals surface area contributed by atoms with Gasteiger partial charge < -0.3 is 13.9 Å². The van der Waals surface area contributed by atoms with Crippen molar-refractivity contribution in [3.63, 3.8) is 0 Å². The van der Waals surface area contributed by atoms with Crippen LogP contribution in [0.1, 0.15) is 21.9 Å². The zero-order valence-corrected chi connectivity index (χ0v) is 16.0. The molecule has 1 aromatic heterocycles. The Morgan fingerprint density at radius 2 is 1.89 bits per heavy atom. The molecule has 0 unspecified atom stereocenters. The van der Waals surface area contributed by atoms with Crippen LogP contribution in [0.2, 0.25) is 10.0 Å². The van der Waals surface area contributed by atoms with Gasteiger partial charge in [-0.1, -0.05) is 35.3 Å². The van der Waals surface area contributed by atoms with E-state index in [9.17, 15) is 4.79 Å². The quantitative estimate of drug-likeness (QED) is 0.355. The zero-order valence-electron chi connectivity index (χ0n) is 14.4. The van der Waals surface area contributed by atoms with E-state index in [0.29, 0.717) is 38.6 Å². The standard InChI is InChI=1S/C21H16Cl2O4/c1-25-20-5-3-2-4-17(20)19(24)10-9-15-7-8-16(27-15)13-26-21-11-6-14(22)12-18(21)23/h2-12H,13H2,1H3/b10-9+. The number of hydrogen-bond donors (Lipinski definition) is 0. The van der Waals surface area contributed by atoms with Crippen LogP contribution < -0.4 is 9.47 Å². The summed E-state index contributed by atoms with van der Waals surface area (Å²) in [6.07, 6.45) is 3.05. The summed E-state index contributed by atoms with van der Waals surface area (Å²) in [7, 11) is 1.53. The second-order valence-corrected chi connectivity index (χ2v) is 6.41. The number of para-hydroxylation sites is 1. The molecule has 138 valence electrons. The maximum absolute atomic E-state index is 12.3. The Hall–Kier alpha value is -2.69. The van der Waals surface area contributed by atoms with Crippen LogP contribution in [0.5, 0.6) is 11.5 Å². The highest BCUT2D eigenvalue weighted by Gasteiger charge is 2.09. The van der Waals surface area contributed by atoms with E-state index in [0.717, 1.165) is 0 Å². The lowest BCUT2D eigenvalue weighted by Crippen LogP contribution is -1.98. The van der Waals surface area contributed by atoms with Crippen LogP contribution in [0.15, 0.2) is 65.1 Å². The average molecular weight is 403 g/mol. The Balaban J connectivity index is 1.63. The molecule has 0 aliphatic rings. The molecule has 0 aliphatic heterocycles. The normalized spacial score (nSPS) is 10.9. The third-order valence-corrected chi connectivity index (χ3v) is 4.25. The highest BCUT2D eigenvalue weighted by atomic mass is 35.5. The molecule has 6 heteroatoms. The van der Waals surface area contributed by atoms with E-state index in [1.54, 1.807) is 54.6 Å². The molecule has 4 nitrogen and oxygen atoms in total. The van der Waals surface area contributed by atoms with Crippen molar-refractivity contribution in [2.24, 2.45) is 0 Å². The molecule has 0 N–H and O–H groups in total. The van der Waals surface area contributed by atoms with Gasteiger partial charge in [-0.2, -0.15) is 0 Å². The van der Waals surface area contributed by atoms with Gasteiger partial charge in [0, 0.05) is 5.02 Å². The second kappa shape index (κ2) is 8.80. The molecule has 0 saturated carbocycles. The molecular weight excluding hydrogens is 387 g/mol. The molecule has 3 aromatic rings. The summed E-state index contributed by atoms with van der Waals surface area (Å²) >= 11 is 11.9. The van der Waals surface area contributed by atoms with Gasteiger partial charge >= 0.3 is 0 Å². The largest absolute Gasteiger partial charge is 0.496 e. The number of methoxy groups -OCH3 is 1. The van der Waals surface area contributed by atoms with Gasteiger partial charge in [-0.15, -0.1) is 0 Å². The first kappa shape index (κ1) is 19.1. The molecule has 1 heterocycles. The number of hydrogen-bond acceptors (Lipinski definition) is 4. The summed E-state index contributed by atoms with van der Waals surface area (Å²) in [5, 5.41) is 0.967. The number of carbonyl (C=O) groups excluding carboxylic acids is 1. The molecule has 0 radical (unpaired) electrons. The summed E-state index contributed by atoms with van der Waals surface area (Å²) in [6.45, 7) is 0.204. The van der Waals surface area contributed by atoms with Crippen molar-refractivity contribution in [1.29, 1.82) is 0 Å². The Morgan fingerprint density at radius 3 is 2.67 bits per heavy atom. The molecule has 0 atom stereocenters. The monoisotopic (exact) mass is 402 g/mol. The Morgan fingerprint density at radius 1 is 1.07 bits per heavy atom. The van der Waals surface area contributed by atoms with Gasteiger partial charge in [0.25, 0.3) is 0 Å². The van der Waals surface area contributed by atoms with Crippen molar-refractivity contribution in [3.05, 3.63) is 87.8 Å². The molecule has 0 spiro atoms. The topological polar surface area (TPSA) is 48.7 Å². The predicted molar refractivity (Wildman–Crippen MR) is 106 cm³/mol. The van der Waals surface area contributed by atoms with Crippen LogP contribution in [-0.4, -0.2) is 12.9 Å². The molecule has 0 saturated heterocycles. The van der Waals surface area contributed by atoms with E-state index >= 15 is 0 Å². The smallest absolute Gasteiger partial charge is 0.189 e. The Kier molecular flexibility index (Phi) is 6.22. The van der Waals surface area contributed by atoms with Crippen LogP contribution >= 0.6 is 23.2 Å². The minimum atomic E-state index is -0.172. The van der Waals surface area contributed by atoms with E-state index in [4.69, 9.17) is 37.1 Å². The molecule has 0 amide bonds. The van der Waals surface area contributed by atoms with E-state index in [1.807, 2.05) is 6.07 Å². The highest BCUT2D eigenvalue weighted by Crippen LogP contribution is 2.28. The molecule has 3 rings (SSSR count). The fourth-order valence-corrected chi connectivity index (χ4v) is 2.86. The number of rotatable bonds is 7. The predicted octanol–water partition coefficient (Wildman–Crippen LogP) is 6.07. The summed E-state index contributed by atoms with van der Waals surface area (Å²) in [4.78, 5) is 12.3. The molecule has 2 aromatic carbocycles. The SMILES string of the molecule is COc1ccccc1C(=O)/C=C/c1ccc(COc2ccc(Cl)cc2Cl)o1. The van der Waals surface area contributed by atoms with Gasteiger partial charge in [0.05, 0.1) is 17.7 Å². The minimum absolute atomic E-state index is 0.172. The third kappa shape index (κ3) is 4.94. The minimum Gasteiger partial charge on any atom is -0.496 e. The summed E-state index contributed by atoms with van der Waals surface area (Å²) < 4.78 is 16.5. The summed E-state index contributed by atoms with van der Waals surface area (Å²) in [5.74, 6) is 2.01. The van der Waals surface area contributed by atoms with Gasteiger partial charge in [-0.3, -0.25) is 4.79 Å². The van der Waals surface area contributed by atoms with Crippen molar-refractivity contribution < 1.29 is 18.7 Å². The Bertz CT molecular complexity index is 976. The number of allylic oxidation sites excluding steroid dienone is 1. The van der Waals surface area contributed by atoms with Gasteiger partial charge in [0.15, 0.2) is 5.78 Å². The van der Waals surface area contributed by atoms with Crippen molar-refractivity contribution in [2.75, 3.05) is 7.11 Å². The first-order valence-electron chi connectivity index (χ1n) is 8.09. The number of benzene rings is 2. The number of halogens is 2. The molecule has 27 heavy (non-hydrogen) atoms. The highest BCUT2D eigenvalue weighted by molar-refractivity contribution is 6.35. The first-order valence-corrected chi connectivity index (χ1v) is 8.84. The second-order valence-electron chi connectivity index (χ2n) is 5.57. The fraction of sp³-hybridized carbons (Fsp3) is 0.0952. The van der Waals surface area contributed by atoms with Gasteiger partial charge in [0.1, 0.15) is 29.6 Å². The van der Waals surface area contributed by atoms with Crippen LogP contribution in [0.4, 0.5) is 0 Å². The van der Waals surface area contributed by atoms with Crippen molar-refractivity contribution in [2.45, 2.75) is 6.61 Å². The van der Waals surface area contributed by atoms with Crippen molar-refractivity contribution in [3.8, 4) is 11.5 Å². The molecule has 0 fully saturated rings. The maximum Gasteiger partial charge on any atom is 0.189 e. The van der Waals surface area contributed by atoms with Gasteiger partial charge in [-0.25, -0.2) is 0 Å². The number of ketones is 1. The maximum atomic E-state index is 12.3. The average Bonchev–Trinajstić information content (AvgIpc) is 3.13. The van der Waals surface area contributed by atoms with Crippen molar-refractivity contribution >= 4 is 35.1 Å². The van der Waals surface area contributed by atoms with E-state index in [-0.39, 0.29) is 12.4 Å². The fourth-order valence-electron chi connectivity index (χ4n) is 2.40. The lowest BCUT2D eigenvalue weighted by molar-refractivity contribution is 0.104. The van der Waals surface area contributed by atoms with E-state index < -0.39 is 0 Å². The number of ether oxygens (including phenoxy) is 2.